The predicted octanol–water partition coefficient (Wildman–Crippen LogP) is 5.66. The Morgan fingerprint density at radius 2 is 1.43 bits per heavy atom. The molecule has 1 aromatic carbocycles. The number of piperazine rings is 1. The van der Waals surface area contributed by atoms with Crippen LogP contribution in [0.5, 0.6) is 0 Å². The quantitative estimate of drug-likeness (QED) is 0.326. The smallest absolute Gasteiger partial charge is 0.162 e. The summed E-state index contributed by atoms with van der Waals surface area (Å²) in [5.41, 5.74) is 3.98. The Morgan fingerprint density at radius 1 is 0.657 bits per heavy atom. The second-order valence-electron chi connectivity index (χ2n) is 8.40. The molecule has 0 radical (unpaired) electrons. The van der Waals surface area contributed by atoms with Crippen molar-refractivity contribution in [2.45, 2.75) is 0 Å². The Bertz CT molecular complexity index is 1400. The van der Waals surface area contributed by atoms with E-state index in [0.717, 1.165) is 66.0 Å². The molecule has 7 heteroatoms. The molecule has 5 aromatic rings. The van der Waals surface area contributed by atoms with E-state index in [4.69, 9.17) is 9.97 Å². The molecular weight excluding hydrogens is 452 g/mol. The van der Waals surface area contributed by atoms with E-state index in [1.54, 1.807) is 11.3 Å². The number of nitrogens with zero attached hydrogens (tertiary/aromatic N) is 6. The molecule has 1 aliphatic rings. The topological polar surface area (TPSA) is 58.0 Å². The van der Waals surface area contributed by atoms with Gasteiger partial charge in [0.05, 0.1) is 5.69 Å². The summed E-state index contributed by atoms with van der Waals surface area (Å²) in [5.74, 6) is 2.69. The zero-order chi connectivity index (χ0) is 23.5. The van der Waals surface area contributed by atoms with Gasteiger partial charge >= 0.3 is 0 Å². The zero-order valence-corrected chi connectivity index (χ0v) is 20.0. The fraction of sp³-hybridized carbons (Fsp3) is 0.143. The van der Waals surface area contributed by atoms with Crippen molar-refractivity contribution in [3.05, 3.63) is 96.8 Å². The first kappa shape index (κ1) is 21.4. The molecule has 1 saturated heterocycles. The highest BCUT2D eigenvalue weighted by Gasteiger charge is 2.21. The van der Waals surface area contributed by atoms with Gasteiger partial charge in [-0.25, -0.2) is 15.0 Å². The standard InChI is InChI=1S/C28H24N6S/c1-2-7-21(8-3-1)28-31-24(22-17-23(20-29-19-22)25-9-6-16-35-25)18-27(32-28)34-14-12-33(13-15-34)26-10-4-5-11-30-26/h1-11,16-20H,12-15H2. The third kappa shape index (κ3) is 4.63. The third-order valence-electron chi connectivity index (χ3n) is 6.16. The van der Waals surface area contributed by atoms with Crippen molar-refractivity contribution in [3.63, 3.8) is 0 Å². The number of hydrogen-bond donors (Lipinski definition) is 0. The van der Waals surface area contributed by atoms with Gasteiger partial charge in [0.1, 0.15) is 11.6 Å². The lowest BCUT2D eigenvalue weighted by Gasteiger charge is -2.36. The summed E-state index contributed by atoms with van der Waals surface area (Å²) in [6.07, 6.45) is 5.65. The molecule has 6 nitrogen and oxygen atoms in total. The predicted molar refractivity (Wildman–Crippen MR) is 143 cm³/mol. The zero-order valence-electron chi connectivity index (χ0n) is 19.2. The number of rotatable bonds is 5. The molecule has 0 unspecified atom stereocenters. The van der Waals surface area contributed by atoms with Gasteiger partial charge < -0.3 is 9.80 Å². The van der Waals surface area contributed by atoms with Crippen molar-refractivity contribution in [1.82, 2.24) is 19.9 Å². The van der Waals surface area contributed by atoms with Gasteiger partial charge in [0.25, 0.3) is 0 Å². The molecule has 0 saturated carbocycles. The Hall–Kier alpha value is -4.10. The van der Waals surface area contributed by atoms with Gasteiger partial charge in [0, 0.05) is 72.4 Å². The average molecular weight is 477 g/mol. The SMILES string of the molecule is c1ccc(-c2nc(-c3cncc(-c4cccs4)c3)cc(N3CCN(c4ccccn4)CC3)n2)cc1. The Balaban J connectivity index is 1.35. The van der Waals surface area contributed by atoms with E-state index >= 15 is 0 Å². The maximum atomic E-state index is 4.99. The molecule has 1 aliphatic heterocycles. The minimum atomic E-state index is 0.729. The fourth-order valence-corrected chi connectivity index (χ4v) is 5.03. The summed E-state index contributed by atoms with van der Waals surface area (Å²) >= 11 is 1.71. The van der Waals surface area contributed by atoms with E-state index in [2.05, 4.69) is 67.6 Å². The largest absolute Gasteiger partial charge is 0.353 e. The molecule has 1 fully saturated rings. The van der Waals surface area contributed by atoms with Crippen LogP contribution in [0.2, 0.25) is 0 Å². The highest BCUT2D eigenvalue weighted by atomic mass is 32.1. The third-order valence-corrected chi connectivity index (χ3v) is 7.08. The molecule has 6 rings (SSSR count). The van der Waals surface area contributed by atoms with Gasteiger partial charge in [0.2, 0.25) is 0 Å². The van der Waals surface area contributed by atoms with Gasteiger partial charge in [0.15, 0.2) is 5.82 Å². The number of anilines is 2. The molecule has 5 heterocycles. The van der Waals surface area contributed by atoms with Crippen LogP contribution in [-0.2, 0) is 0 Å². The molecule has 0 spiro atoms. The minimum Gasteiger partial charge on any atom is -0.353 e. The summed E-state index contributed by atoms with van der Waals surface area (Å²) < 4.78 is 0. The second-order valence-corrected chi connectivity index (χ2v) is 9.35. The lowest BCUT2D eigenvalue weighted by atomic mass is 10.1. The molecule has 0 aliphatic carbocycles. The number of thiophene rings is 1. The number of aromatic nitrogens is 4. The Morgan fingerprint density at radius 3 is 2.17 bits per heavy atom. The average Bonchev–Trinajstić information content (AvgIpc) is 3.49. The lowest BCUT2D eigenvalue weighted by Crippen LogP contribution is -2.47. The Labute approximate surface area is 208 Å². The number of pyridine rings is 2. The van der Waals surface area contributed by atoms with Crippen LogP contribution >= 0.6 is 11.3 Å². The van der Waals surface area contributed by atoms with E-state index < -0.39 is 0 Å². The summed E-state index contributed by atoms with van der Waals surface area (Å²) in [4.78, 5) is 24.8. The fourth-order valence-electron chi connectivity index (χ4n) is 4.32. The molecule has 0 atom stereocenters. The van der Waals surface area contributed by atoms with Gasteiger partial charge in [-0.3, -0.25) is 4.98 Å². The number of benzene rings is 1. The van der Waals surface area contributed by atoms with Crippen LogP contribution in [0.3, 0.4) is 0 Å². The highest BCUT2D eigenvalue weighted by molar-refractivity contribution is 7.13. The van der Waals surface area contributed by atoms with Crippen LogP contribution in [-0.4, -0.2) is 46.1 Å². The van der Waals surface area contributed by atoms with Crippen molar-refractivity contribution in [3.8, 4) is 33.1 Å². The number of hydrogen-bond acceptors (Lipinski definition) is 7. The first-order valence-electron chi connectivity index (χ1n) is 11.7. The van der Waals surface area contributed by atoms with Gasteiger partial charge in [-0.1, -0.05) is 42.5 Å². The van der Waals surface area contributed by atoms with E-state index in [1.807, 2.05) is 48.9 Å². The first-order valence-corrected chi connectivity index (χ1v) is 12.6. The maximum absolute atomic E-state index is 4.99. The Kier molecular flexibility index (Phi) is 5.90. The van der Waals surface area contributed by atoms with Crippen molar-refractivity contribution in [2.75, 3.05) is 36.0 Å². The van der Waals surface area contributed by atoms with Crippen molar-refractivity contribution >= 4 is 23.0 Å². The molecular formula is C28H24N6S. The monoisotopic (exact) mass is 476 g/mol. The molecule has 4 aromatic heterocycles. The molecule has 172 valence electrons. The van der Waals surface area contributed by atoms with Crippen molar-refractivity contribution < 1.29 is 0 Å². The summed E-state index contributed by atoms with van der Waals surface area (Å²) in [7, 11) is 0. The van der Waals surface area contributed by atoms with Crippen LogP contribution in [0.1, 0.15) is 0 Å². The lowest BCUT2D eigenvalue weighted by molar-refractivity contribution is 0.641. The summed E-state index contributed by atoms with van der Waals surface area (Å²) in [6, 6.07) is 24.7. The summed E-state index contributed by atoms with van der Waals surface area (Å²) in [6.45, 7) is 3.53. The minimum absolute atomic E-state index is 0.729. The first-order chi connectivity index (χ1) is 17.3. The van der Waals surface area contributed by atoms with Crippen LogP contribution in [0, 0.1) is 0 Å². The maximum Gasteiger partial charge on any atom is 0.162 e. The van der Waals surface area contributed by atoms with Crippen LogP contribution in [0.25, 0.3) is 33.1 Å². The van der Waals surface area contributed by atoms with Crippen molar-refractivity contribution in [2.24, 2.45) is 0 Å². The van der Waals surface area contributed by atoms with Crippen molar-refractivity contribution in [1.29, 1.82) is 0 Å². The van der Waals surface area contributed by atoms with E-state index in [-0.39, 0.29) is 0 Å². The van der Waals surface area contributed by atoms with E-state index in [0.29, 0.717) is 0 Å². The molecule has 0 bridgehead atoms. The van der Waals surface area contributed by atoms with Crippen LogP contribution in [0.15, 0.2) is 96.8 Å². The second kappa shape index (κ2) is 9.64. The van der Waals surface area contributed by atoms with Crippen LogP contribution < -0.4 is 9.80 Å². The molecule has 0 N–H and O–H groups in total. The van der Waals surface area contributed by atoms with E-state index in [1.165, 1.54) is 4.88 Å². The van der Waals surface area contributed by atoms with Gasteiger partial charge in [-0.15, -0.1) is 11.3 Å². The highest BCUT2D eigenvalue weighted by Crippen LogP contribution is 2.30. The normalized spacial score (nSPS) is 13.7. The van der Waals surface area contributed by atoms with Crippen LogP contribution in [0.4, 0.5) is 11.6 Å². The molecule has 35 heavy (non-hydrogen) atoms. The van der Waals surface area contributed by atoms with Gasteiger partial charge in [-0.05, 0) is 29.6 Å². The van der Waals surface area contributed by atoms with Gasteiger partial charge in [-0.2, -0.15) is 0 Å². The summed E-state index contributed by atoms with van der Waals surface area (Å²) in [5, 5.41) is 2.09. The molecule has 0 amide bonds. The van der Waals surface area contributed by atoms with E-state index in [9.17, 15) is 0 Å².